The highest BCUT2D eigenvalue weighted by molar-refractivity contribution is 5.88. The van der Waals surface area contributed by atoms with Crippen LogP contribution in [0.15, 0.2) is 65.8 Å². The second kappa shape index (κ2) is 6.76. The highest BCUT2D eigenvalue weighted by Crippen LogP contribution is 2.35. The lowest BCUT2D eigenvalue weighted by molar-refractivity contribution is -0.130. The Balaban J connectivity index is 1.44. The average Bonchev–Trinajstić information content (AvgIpc) is 2.66. The summed E-state index contributed by atoms with van der Waals surface area (Å²) in [5, 5.41) is 15.4. The first-order valence-electron chi connectivity index (χ1n) is 8.13. The molecule has 0 unspecified atom stereocenters. The SMILES string of the molecule is O=C(NN=Cc1cccc(O)c1)[C@H]1COc2cc3ccccc3cc2O1. The number of hydrazone groups is 1. The van der Waals surface area contributed by atoms with Gasteiger partial charge in [0.05, 0.1) is 6.21 Å². The van der Waals surface area contributed by atoms with Gasteiger partial charge < -0.3 is 14.6 Å². The molecule has 0 aromatic heterocycles. The van der Waals surface area contributed by atoms with Crippen LogP contribution in [0.25, 0.3) is 10.8 Å². The van der Waals surface area contributed by atoms with Crippen LogP contribution in [0.3, 0.4) is 0 Å². The van der Waals surface area contributed by atoms with Gasteiger partial charge in [-0.05, 0) is 40.6 Å². The predicted octanol–water partition coefficient (Wildman–Crippen LogP) is 2.84. The number of hydrogen-bond acceptors (Lipinski definition) is 5. The minimum atomic E-state index is -0.787. The monoisotopic (exact) mass is 348 g/mol. The summed E-state index contributed by atoms with van der Waals surface area (Å²) >= 11 is 0. The largest absolute Gasteiger partial charge is 0.508 e. The first-order valence-corrected chi connectivity index (χ1v) is 8.13. The number of amides is 1. The van der Waals surface area contributed by atoms with E-state index in [9.17, 15) is 9.90 Å². The molecule has 0 saturated carbocycles. The molecule has 0 fully saturated rings. The van der Waals surface area contributed by atoms with Gasteiger partial charge in [0.25, 0.3) is 5.91 Å². The van der Waals surface area contributed by atoms with Crippen LogP contribution in [0.4, 0.5) is 0 Å². The Morgan fingerprint density at radius 3 is 2.62 bits per heavy atom. The summed E-state index contributed by atoms with van der Waals surface area (Å²) in [6.07, 6.45) is 0.660. The number of rotatable bonds is 3. The third-order valence-corrected chi connectivity index (χ3v) is 4.02. The summed E-state index contributed by atoms with van der Waals surface area (Å²) in [7, 11) is 0. The van der Waals surface area contributed by atoms with Crippen molar-refractivity contribution in [2.75, 3.05) is 6.61 Å². The second-order valence-electron chi connectivity index (χ2n) is 5.89. The van der Waals surface area contributed by atoms with Gasteiger partial charge in [-0.3, -0.25) is 4.79 Å². The van der Waals surface area contributed by atoms with E-state index >= 15 is 0 Å². The normalized spacial score (nSPS) is 15.9. The number of carbonyl (C=O) groups is 1. The molecule has 0 radical (unpaired) electrons. The minimum Gasteiger partial charge on any atom is -0.508 e. The van der Waals surface area contributed by atoms with Crippen molar-refractivity contribution in [1.82, 2.24) is 5.43 Å². The lowest BCUT2D eigenvalue weighted by Crippen LogP contribution is -2.42. The van der Waals surface area contributed by atoms with Crippen molar-refractivity contribution < 1.29 is 19.4 Å². The number of hydrogen-bond donors (Lipinski definition) is 2. The van der Waals surface area contributed by atoms with Crippen LogP contribution in [0.2, 0.25) is 0 Å². The zero-order valence-electron chi connectivity index (χ0n) is 13.8. The maximum absolute atomic E-state index is 12.2. The summed E-state index contributed by atoms with van der Waals surface area (Å²) in [5.41, 5.74) is 3.10. The lowest BCUT2D eigenvalue weighted by atomic mass is 10.1. The maximum atomic E-state index is 12.2. The van der Waals surface area contributed by atoms with Crippen LogP contribution in [0.5, 0.6) is 17.2 Å². The van der Waals surface area contributed by atoms with E-state index in [0.717, 1.165) is 10.8 Å². The molecule has 0 bridgehead atoms. The van der Waals surface area contributed by atoms with Crippen LogP contribution in [-0.2, 0) is 4.79 Å². The lowest BCUT2D eigenvalue weighted by Gasteiger charge is -2.25. The van der Waals surface area contributed by atoms with Gasteiger partial charge in [-0.1, -0.05) is 36.4 Å². The number of nitrogens with one attached hydrogen (secondary N) is 1. The molecule has 3 aromatic carbocycles. The van der Waals surface area contributed by atoms with E-state index < -0.39 is 12.0 Å². The van der Waals surface area contributed by atoms with Gasteiger partial charge in [-0.25, -0.2) is 5.43 Å². The standard InChI is InChI=1S/C20H16N2O4/c23-16-7-3-4-13(8-16)11-21-22-20(24)19-12-25-17-9-14-5-1-2-6-15(14)10-18(17)26-19/h1-11,19,23H,12H2,(H,22,24)/t19-/m1/s1. The Kier molecular flexibility index (Phi) is 4.15. The third-order valence-electron chi connectivity index (χ3n) is 4.02. The summed E-state index contributed by atoms with van der Waals surface area (Å²) in [4.78, 5) is 12.2. The van der Waals surface area contributed by atoms with Crippen LogP contribution >= 0.6 is 0 Å². The van der Waals surface area contributed by atoms with Crippen molar-refractivity contribution in [1.29, 1.82) is 0 Å². The average molecular weight is 348 g/mol. The minimum absolute atomic E-state index is 0.110. The Morgan fingerprint density at radius 2 is 1.85 bits per heavy atom. The van der Waals surface area contributed by atoms with Crippen molar-refractivity contribution in [2.45, 2.75) is 6.10 Å². The number of aromatic hydroxyl groups is 1. The smallest absolute Gasteiger partial charge is 0.284 e. The van der Waals surface area contributed by atoms with Crippen molar-refractivity contribution in [3.05, 3.63) is 66.2 Å². The molecule has 0 aliphatic carbocycles. The summed E-state index contributed by atoms with van der Waals surface area (Å²) in [6.45, 7) is 0.110. The molecule has 1 aliphatic rings. The molecule has 0 spiro atoms. The number of phenols is 1. The third kappa shape index (κ3) is 3.30. The zero-order chi connectivity index (χ0) is 17.9. The molecule has 4 rings (SSSR count). The van der Waals surface area contributed by atoms with Gasteiger partial charge in [0.1, 0.15) is 12.4 Å². The number of benzene rings is 3. The van der Waals surface area contributed by atoms with Crippen molar-refractivity contribution in [3.8, 4) is 17.2 Å². The fourth-order valence-electron chi connectivity index (χ4n) is 2.73. The molecule has 1 aliphatic heterocycles. The van der Waals surface area contributed by atoms with Gasteiger partial charge in [-0.15, -0.1) is 0 Å². The molecular weight excluding hydrogens is 332 g/mol. The number of fused-ring (bicyclic) bond motifs is 2. The second-order valence-corrected chi connectivity index (χ2v) is 5.89. The predicted molar refractivity (Wildman–Crippen MR) is 97.7 cm³/mol. The molecule has 2 N–H and O–H groups in total. The number of phenolic OH excluding ortho intramolecular Hbond substituents is 1. The Labute approximate surface area is 149 Å². The van der Waals surface area contributed by atoms with Crippen molar-refractivity contribution in [2.24, 2.45) is 5.10 Å². The van der Waals surface area contributed by atoms with E-state index in [0.29, 0.717) is 17.1 Å². The van der Waals surface area contributed by atoms with Crippen LogP contribution in [0, 0.1) is 0 Å². The van der Waals surface area contributed by atoms with Crippen molar-refractivity contribution >= 4 is 22.9 Å². The summed E-state index contributed by atoms with van der Waals surface area (Å²) in [5.74, 6) is 0.886. The highest BCUT2D eigenvalue weighted by Gasteiger charge is 2.27. The first-order chi connectivity index (χ1) is 12.7. The molecule has 26 heavy (non-hydrogen) atoms. The van der Waals surface area contributed by atoms with E-state index in [1.54, 1.807) is 18.2 Å². The Morgan fingerprint density at radius 1 is 1.08 bits per heavy atom. The van der Waals surface area contributed by atoms with Crippen LogP contribution in [0.1, 0.15) is 5.56 Å². The fourth-order valence-corrected chi connectivity index (χ4v) is 2.73. The quantitative estimate of drug-likeness (QED) is 0.563. The number of carbonyl (C=O) groups excluding carboxylic acids is 1. The number of ether oxygens (including phenoxy) is 2. The van der Waals surface area contributed by atoms with Gasteiger partial charge in [0.15, 0.2) is 11.5 Å². The molecule has 1 atom stereocenters. The van der Waals surface area contributed by atoms with Crippen LogP contribution in [-0.4, -0.2) is 29.9 Å². The summed E-state index contributed by atoms with van der Waals surface area (Å²) in [6, 6.07) is 18.2. The van der Waals surface area contributed by atoms with E-state index in [1.807, 2.05) is 36.4 Å². The highest BCUT2D eigenvalue weighted by atomic mass is 16.6. The molecule has 3 aromatic rings. The molecule has 1 heterocycles. The molecule has 6 heteroatoms. The molecular formula is C20H16N2O4. The topological polar surface area (TPSA) is 80.2 Å². The maximum Gasteiger partial charge on any atom is 0.284 e. The van der Waals surface area contributed by atoms with E-state index in [-0.39, 0.29) is 12.4 Å². The van der Waals surface area contributed by atoms with E-state index in [2.05, 4.69) is 10.5 Å². The molecule has 6 nitrogen and oxygen atoms in total. The van der Waals surface area contributed by atoms with E-state index in [4.69, 9.17) is 9.47 Å². The molecule has 130 valence electrons. The first kappa shape index (κ1) is 16.0. The van der Waals surface area contributed by atoms with Gasteiger partial charge in [-0.2, -0.15) is 5.10 Å². The number of nitrogens with zero attached hydrogens (tertiary/aromatic N) is 1. The molecule has 1 amide bonds. The van der Waals surface area contributed by atoms with Gasteiger partial charge >= 0.3 is 0 Å². The van der Waals surface area contributed by atoms with E-state index in [1.165, 1.54) is 12.3 Å². The van der Waals surface area contributed by atoms with Gasteiger partial charge in [0.2, 0.25) is 6.10 Å². The Hall–Kier alpha value is -3.54. The van der Waals surface area contributed by atoms with Crippen molar-refractivity contribution in [3.63, 3.8) is 0 Å². The van der Waals surface area contributed by atoms with Crippen LogP contribution < -0.4 is 14.9 Å². The zero-order valence-corrected chi connectivity index (χ0v) is 13.8. The Bertz CT molecular complexity index is 1000. The summed E-state index contributed by atoms with van der Waals surface area (Å²) < 4.78 is 11.4. The molecule has 0 saturated heterocycles. The fraction of sp³-hybridized carbons (Fsp3) is 0.100. The van der Waals surface area contributed by atoms with Gasteiger partial charge in [0, 0.05) is 0 Å².